The van der Waals surface area contributed by atoms with Gasteiger partial charge in [-0.1, -0.05) is 107 Å². The van der Waals surface area contributed by atoms with E-state index in [1.165, 1.54) is 0 Å². The summed E-state index contributed by atoms with van der Waals surface area (Å²) in [6, 6.07) is 0. The van der Waals surface area contributed by atoms with Gasteiger partial charge in [0.05, 0.1) is 23.7 Å². The smallest absolute Gasteiger partial charge is 0.308 e. The molecule has 4 atom stereocenters. The van der Waals surface area contributed by atoms with Gasteiger partial charge in [-0.3, -0.25) is 19.2 Å². The Balaban J connectivity index is 6.32. The number of carbonyl (C=O) groups is 4. The number of esters is 4. The molecule has 0 heterocycles. The zero-order chi connectivity index (χ0) is 34.1. The van der Waals surface area contributed by atoms with Crippen molar-refractivity contribution in [2.24, 2.45) is 29.1 Å². The molecule has 0 aliphatic heterocycles. The average Bonchev–Trinajstić information content (AvgIpc) is 3.05. The quantitative estimate of drug-likeness (QED) is 0.0616. The van der Waals surface area contributed by atoms with E-state index in [-0.39, 0.29) is 74.0 Å². The summed E-state index contributed by atoms with van der Waals surface area (Å²) >= 11 is 0. The fraction of sp³-hybridized carbons (Fsp3) is 0.892. The molecule has 0 aromatic rings. The maximum atomic E-state index is 13.2. The second-order valence-electron chi connectivity index (χ2n) is 12.9. The number of carbonyl (C=O) groups excluding carboxylic acids is 4. The van der Waals surface area contributed by atoms with Gasteiger partial charge in [-0.2, -0.15) is 0 Å². The van der Waals surface area contributed by atoms with Crippen molar-refractivity contribution >= 4 is 23.9 Å². The van der Waals surface area contributed by atoms with Crippen LogP contribution >= 0.6 is 0 Å². The van der Waals surface area contributed by atoms with Crippen molar-refractivity contribution in [3.05, 3.63) is 0 Å². The molecule has 0 amide bonds. The fourth-order valence-corrected chi connectivity index (χ4v) is 5.37. The van der Waals surface area contributed by atoms with Crippen LogP contribution in [-0.4, -0.2) is 50.3 Å². The van der Waals surface area contributed by atoms with Gasteiger partial charge in [0.25, 0.3) is 0 Å². The normalized spacial score (nSPS) is 15.3. The molecule has 4 unspecified atom stereocenters. The molecule has 0 rings (SSSR count). The minimum Gasteiger partial charge on any atom is -0.464 e. The molecule has 0 spiro atoms. The first-order valence-electron chi connectivity index (χ1n) is 18.3. The van der Waals surface area contributed by atoms with Crippen molar-refractivity contribution in [2.45, 2.75) is 158 Å². The van der Waals surface area contributed by atoms with E-state index in [9.17, 15) is 19.2 Å². The van der Waals surface area contributed by atoms with Crippen LogP contribution in [0.1, 0.15) is 158 Å². The van der Waals surface area contributed by atoms with E-state index in [0.717, 1.165) is 77.0 Å². The van der Waals surface area contributed by atoms with E-state index in [0.29, 0.717) is 25.7 Å². The van der Waals surface area contributed by atoms with Crippen LogP contribution < -0.4 is 0 Å². The number of ether oxygens (including phenoxy) is 4. The first-order valence-corrected chi connectivity index (χ1v) is 18.3. The Kier molecular flexibility index (Phi) is 24.8. The Morgan fingerprint density at radius 2 is 0.600 bits per heavy atom. The van der Waals surface area contributed by atoms with Crippen molar-refractivity contribution in [2.75, 3.05) is 26.4 Å². The molecule has 0 aliphatic carbocycles. The topological polar surface area (TPSA) is 105 Å². The molecular formula is C37H68O8. The van der Waals surface area contributed by atoms with E-state index < -0.39 is 5.41 Å². The van der Waals surface area contributed by atoms with Crippen LogP contribution in [0.3, 0.4) is 0 Å². The van der Waals surface area contributed by atoms with Crippen LogP contribution in [0.2, 0.25) is 0 Å². The van der Waals surface area contributed by atoms with Gasteiger partial charge >= 0.3 is 23.9 Å². The predicted molar refractivity (Wildman–Crippen MR) is 179 cm³/mol. The Hall–Kier alpha value is -2.12. The van der Waals surface area contributed by atoms with Crippen LogP contribution in [0.15, 0.2) is 0 Å². The lowest BCUT2D eigenvalue weighted by atomic mass is 9.91. The van der Waals surface area contributed by atoms with Crippen LogP contribution in [0.5, 0.6) is 0 Å². The van der Waals surface area contributed by atoms with Gasteiger partial charge < -0.3 is 18.9 Å². The third-order valence-electron chi connectivity index (χ3n) is 9.01. The molecule has 0 N–H and O–H groups in total. The summed E-state index contributed by atoms with van der Waals surface area (Å²) in [5.74, 6) is -2.38. The lowest BCUT2D eigenvalue weighted by Gasteiger charge is -2.33. The van der Waals surface area contributed by atoms with E-state index in [1.54, 1.807) is 0 Å². The van der Waals surface area contributed by atoms with Gasteiger partial charge in [0.15, 0.2) is 0 Å². The summed E-state index contributed by atoms with van der Waals surface area (Å²) in [7, 11) is 0. The van der Waals surface area contributed by atoms with E-state index in [2.05, 4.69) is 27.7 Å². The Morgan fingerprint density at radius 1 is 0.400 bits per heavy atom. The summed E-state index contributed by atoms with van der Waals surface area (Å²) in [5, 5.41) is 0. The first kappa shape index (κ1) is 42.9. The summed E-state index contributed by atoms with van der Waals surface area (Å²) in [4.78, 5) is 52.9. The number of unbranched alkanes of at least 4 members (excludes halogenated alkanes) is 4. The number of hydrogen-bond donors (Lipinski definition) is 0. The third kappa shape index (κ3) is 17.4. The van der Waals surface area contributed by atoms with Crippen LogP contribution in [-0.2, 0) is 38.1 Å². The van der Waals surface area contributed by atoms with Crippen LogP contribution in [0.25, 0.3) is 0 Å². The lowest BCUT2D eigenvalue weighted by Crippen LogP contribution is -2.45. The number of hydrogen-bond acceptors (Lipinski definition) is 8. The molecule has 0 aromatic heterocycles. The zero-order valence-electron chi connectivity index (χ0n) is 30.2. The van der Waals surface area contributed by atoms with Gasteiger partial charge in [-0.15, -0.1) is 0 Å². The summed E-state index contributed by atoms with van der Waals surface area (Å²) in [5.41, 5.74) is -1.23. The molecule has 8 heteroatoms. The van der Waals surface area contributed by atoms with E-state index in [4.69, 9.17) is 18.9 Å². The van der Waals surface area contributed by atoms with Gasteiger partial charge in [0.2, 0.25) is 0 Å². The van der Waals surface area contributed by atoms with Crippen molar-refractivity contribution in [1.82, 2.24) is 0 Å². The number of rotatable bonds is 28. The Morgan fingerprint density at radius 3 is 0.756 bits per heavy atom. The fourth-order valence-electron chi connectivity index (χ4n) is 5.37. The van der Waals surface area contributed by atoms with E-state index >= 15 is 0 Å². The molecule has 0 radical (unpaired) electrons. The highest BCUT2D eigenvalue weighted by Gasteiger charge is 2.40. The highest BCUT2D eigenvalue weighted by Crippen LogP contribution is 2.27. The van der Waals surface area contributed by atoms with Gasteiger partial charge in [0.1, 0.15) is 31.8 Å². The van der Waals surface area contributed by atoms with Crippen LogP contribution in [0.4, 0.5) is 0 Å². The van der Waals surface area contributed by atoms with Crippen LogP contribution in [0, 0.1) is 29.1 Å². The van der Waals surface area contributed by atoms with Crippen molar-refractivity contribution in [3.63, 3.8) is 0 Å². The summed E-state index contributed by atoms with van der Waals surface area (Å²) < 4.78 is 23.6. The molecule has 0 bridgehead atoms. The molecule has 45 heavy (non-hydrogen) atoms. The minimum atomic E-state index is -1.23. The molecule has 0 aromatic carbocycles. The van der Waals surface area contributed by atoms with E-state index in [1.807, 2.05) is 27.7 Å². The van der Waals surface area contributed by atoms with Gasteiger partial charge in [0, 0.05) is 0 Å². The summed E-state index contributed by atoms with van der Waals surface area (Å²) in [6.45, 7) is 15.4. The highest BCUT2D eigenvalue weighted by atomic mass is 16.6. The van der Waals surface area contributed by atoms with Crippen molar-refractivity contribution in [1.29, 1.82) is 0 Å². The molecule has 264 valence electrons. The average molecular weight is 641 g/mol. The highest BCUT2D eigenvalue weighted by molar-refractivity contribution is 5.74. The SMILES string of the molecule is CCCCC(CC)C(=O)OCC(COC(=O)C(CC)CCCC)(COC(=O)C(CC)CCCC)COC(=O)C(CC)CCCC. The standard InChI is InChI=1S/C37H68O8/c1-9-17-21-29(13-5)33(38)42-25-37(26-43-34(39)30(14-6)22-18-10-2,27-44-35(40)31(15-7)23-19-11-3)28-45-36(41)32(16-8)24-20-12-4/h29-32H,9-28H2,1-8H3. The third-order valence-corrected chi connectivity index (χ3v) is 9.01. The largest absolute Gasteiger partial charge is 0.464 e. The predicted octanol–water partition coefficient (Wildman–Crippen LogP) is 9.01. The Labute approximate surface area is 275 Å². The second-order valence-corrected chi connectivity index (χ2v) is 12.9. The molecule has 0 aliphatic rings. The molecular weight excluding hydrogens is 572 g/mol. The molecule has 0 saturated carbocycles. The van der Waals surface area contributed by atoms with Crippen molar-refractivity contribution < 1.29 is 38.1 Å². The molecule has 8 nitrogen and oxygen atoms in total. The van der Waals surface area contributed by atoms with Gasteiger partial charge in [-0.05, 0) is 51.4 Å². The zero-order valence-corrected chi connectivity index (χ0v) is 30.2. The van der Waals surface area contributed by atoms with Gasteiger partial charge in [-0.25, -0.2) is 0 Å². The van der Waals surface area contributed by atoms with Crippen molar-refractivity contribution in [3.8, 4) is 0 Å². The maximum Gasteiger partial charge on any atom is 0.308 e. The maximum absolute atomic E-state index is 13.2. The minimum absolute atomic E-state index is 0.189. The monoisotopic (exact) mass is 640 g/mol. The molecule has 0 saturated heterocycles. The Bertz CT molecular complexity index is 677. The molecule has 0 fully saturated rings. The second kappa shape index (κ2) is 26.0. The summed E-state index contributed by atoms with van der Waals surface area (Å²) in [6.07, 6.45) is 13.0. The first-order chi connectivity index (χ1) is 21.6. The lowest BCUT2D eigenvalue weighted by molar-refractivity contribution is -0.176.